The quantitative estimate of drug-likeness (QED) is 0.718. The maximum Gasteiger partial charge on any atom is 0.257 e. The van der Waals surface area contributed by atoms with Gasteiger partial charge in [-0.2, -0.15) is 0 Å². The highest BCUT2D eigenvalue weighted by Crippen LogP contribution is 2.26. The van der Waals surface area contributed by atoms with Crippen LogP contribution >= 0.6 is 11.3 Å². The van der Waals surface area contributed by atoms with Gasteiger partial charge in [0.25, 0.3) is 5.91 Å². The summed E-state index contributed by atoms with van der Waals surface area (Å²) in [6, 6.07) is 16.3. The molecule has 1 aromatic heterocycles. The summed E-state index contributed by atoms with van der Waals surface area (Å²) in [7, 11) is 0. The summed E-state index contributed by atoms with van der Waals surface area (Å²) in [5.41, 5.74) is 2.88. The van der Waals surface area contributed by atoms with E-state index < -0.39 is 0 Å². The number of piperazine rings is 1. The minimum atomic E-state index is -0.0455. The topological polar surface area (TPSA) is 35.6 Å². The van der Waals surface area contributed by atoms with E-state index in [0.717, 1.165) is 60.6 Å². The molecule has 0 saturated carbocycles. The Labute approximate surface area is 164 Å². The van der Waals surface area contributed by atoms with Crippen molar-refractivity contribution in [3.63, 3.8) is 0 Å². The van der Waals surface area contributed by atoms with Gasteiger partial charge in [-0.05, 0) is 30.3 Å². The lowest BCUT2D eigenvalue weighted by molar-refractivity contribution is 0.102. The van der Waals surface area contributed by atoms with E-state index in [1.807, 2.05) is 41.8 Å². The van der Waals surface area contributed by atoms with Gasteiger partial charge in [-0.1, -0.05) is 37.3 Å². The number of hydrogen-bond donors (Lipinski definition) is 1. The first-order valence-electron chi connectivity index (χ1n) is 9.54. The predicted octanol–water partition coefficient (Wildman–Crippen LogP) is 4.29. The fourth-order valence-electron chi connectivity index (χ4n) is 3.57. The summed E-state index contributed by atoms with van der Waals surface area (Å²) in [4.78, 5) is 17.6. The molecule has 2 aromatic carbocycles. The number of nitrogens with one attached hydrogen (secondary N) is 1. The van der Waals surface area contributed by atoms with Crippen molar-refractivity contribution in [2.24, 2.45) is 0 Å². The first-order chi connectivity index (χ1) is 13.2. The number of fused-ring (bicyclic) bond motifs is 1. The van der Waals surface area contributed by atoms with Crippen LogP contribution < -0.4 is 5.32 Å². The number of nitrogens with zero attached hydrogens (tertiary/aromatic N) is 2. The second-order valence-corrected chi connectivity index (χ2v) is 7.92. The summed E-state index contributed by atoms with van der Waals surface area (Å²) in [5.74, 6) is -0.0455. The molecule has 0 spiro atoms. The molecule has 1 aliphatic rings. The van der Waals surface area contributed by atoms with E-state index in [0.29, 0.717) is 0 Å². The van der Waals surface area contributed by atoms with Crippen LogP contribution in [0.4, 0.5) is 5.69 Å². The number of carbonyl (C=O) groups is 1. The van der Waals surface area contributed by atoms with Gasteiger partial charge < -0.3 is 10.2 Å². The van der Waals surface area contributed by atoms with Crippen molar-refractivity contribution in [3.8, 4) is 0 Å². The van der Waals surface area contributed by atoms with Gasteiger partial charge in [0.2, 0.25) is 0 Å². The number of anilines is 1. The van der Waals surface area contributed by atoms with E-state index in [2.05, 4.69) is 34.2 Å². The highest BCUT2D eigenvalue weighted by molar-refractivity contribution is 7.17. The van der Waals surface area contributed by atoms with Crippen LogP contribution in [-0.4, -0.2) is 48.4 Å². The van der Waals surface area contributed by atoms with Crippen molar-refractivity contribution in [2.45, 2.75) is 13.5 Å². The highest BCUT2D eigenvalue weighted by atomic mass is 32.1. The van der Waals surface area contributed by atoms with Gasteiger partial charge in [-0.3, -0.25) is 9.69 Å². The Morgan fingerprint density at radius 1 is 1.00 bits per heavy atom. The second-order valence-electron chi connectivity index (χ2n) is 7.01. The SMILES string of the molecule is CCN1CCN(Cc2ccc(NC(=O)c3csc4ccccc34)cc2)CC1. The zero-order valence-electron chi connectivity index (χ0n) is 15.6. The molecule has 1 amide bonds. The molecule has 0 bridgehead atoms. The zero-order chi connectivity index (χ0) is 18.6. The van der Waals surface area contributed by atoms with Gasteiger partial charge in [-0.25, -0.2) is 0 Å². The van der Waals surface area contributed by atoms with Crippen molar-refractivity contribution in [1.82, 2.24) is 9.80 Å². The van der Waals surface area contributed by atoms with Gasteiger partial charge in [0.15, 0.2) is 0 Å². The molecule has 3 aromatic rings. The Morgan fingerprint density at radius 2 is 1.70 bits per heavy atom. The fourth-order valence-corrected chi connectivity index (χ4v) is 4.51. The Balaban J connectivity index is 1.37. The molecule has 2 heterocycles. The van der Waals surface area contributed by atoms with Crippen LogP contribution in [0.1, 0.15) is 22.8 Å². The first kappa shape index (κ1) is 18.2. The fraction of sp³-hybridized carbons (Fsp3) is 0.318. The minimum Gasteiger partial charge on any atom is -0.322 e. The number of likely N-dealkylation sites (N-methyl/N-ethyl adjacent to an activating group) is 1. The lowest BCUT2D eigenvalue weighted by Gasteiger charge is -2.34. The third-order valence-corrected chi connectivity index (χ3v) is 6.22. The minimum absolute atomic E-state index is 0.0455. The van der Waals surface area contributed by atoms with E-state index in [1.165, 1.54) is 5.56 Å². The lowest BCUT2D eigenvalue weighted by Crippen LogP contribution is -2.45. The van der Waals surface area contributed by atoms with Crippen molar-refractivity contribution in [1.29, 1.82) is 0 Å². The van der Waals surface area contributed by atoms with Crippen LogP contribution in [0.25, 0.3) is 10.1 Å². The molecular weight excluding hydrogens is 354 g/mol. The lowest BCUT2D eigenvalue weighted by atomic mass is 10.1. The molecule has 1 aliphatic heterocycles. The van der Waals surface area contributed by atoms with E-state index in [9.17, 15) is 4.79 Å². The molecule has 27 heavy (non-hydrogen) atoms. The molecule has 0 aliphatic carbocycles. The summed E-state index contributed by atoms with van der Waals surface area (Å²) in [6.45, 7) is 8.89. The molecule has 140 valence electrons. The largest absolute Gasteiger partial charge is 0.322 e. The Bertz CT molecular complexity index is 911. The van der Waals surface area contributed by atoms with Crippen LogP contribution in [0.15, 0.2) is 53.9 Å². The average Bonchev–Trinajstić information content (AvgIpc) is 3.14. The number of amides is 1. The third-order valence-electron chi connectivity index (χ3n) is 5.26. The van der Waals surface area contributed by atoms with Gasteiger partial charge in [0, 0.05) is 53.9 Å². The second kappa shape index (κ2) is 8.21. The van der Waals surface area contributed by atoms with Gasteiger partial charge >= 0.3 is 0 Å². The summed E-state index contributed by atoms with van der Waals surface area (Å²) < 4.78 is 1.14. The van der Waals surface area contributed by atoms with Crippen molar-refractivity contribution >= 4 is 33.0 Å². The van der Waals surface area contributed by atoms with E-state index in [4.69, 9.17) is 0 Å². The summed E-state index contributed by atoms with van der Waals surface area (Å²) in [6.07, 6.45) is 0. The number of benzene rings is 2. The first-order valence-corrected chi connectivity index (χ1v) is 10.4. The van der Waals surface area contributed by atoms with Crippen molar-refractivity contribution in [2.75, 3.05) is 38.0 Å². The third kappa shape index (κ3) is 4.21. The molecule has 4 rings (SSSR count). The number of hydrogen-bond acceptors (Lipinski definition) is 4. The molecule has 0 radical (unpaired) electrons. The smallest absolute Gasteiger partial charge is 0.257 e. The Hall–Kier alpha value is -2.21. The molecule has 0 unspecified atom stereocenters. The molecular formula is C22H25N3OS. The molecule has 1 N–H and O–H groups in total. The zero-order valence-corrected chi connectivity index (χ0v) is 16.5. The number of carbonyl (C=O) groups excluding carboxylic acids is 1. The van der Waals surface area contributed by atoms with E-state index in [1.54, 1.807) is 11.3 Å². The normalized spacial score (nSPS) is 15.9. The van der Waals surface area contributed by atoms with Crippen molar-refractivity contribution < 1.29 is 4.79 Å². The molecule has 0 atom stereocenters. The van der Waals surface area contributed by atoms with Crippen LogP contribution in [0.3, 0.4) is 0 Å². The van der Waals surface area contributed by atoms with Gasteiger partial charge in [0.1, 0.15) is 0 Å². The number of rotatable bonds is 5. The standard InChI is InChI=1S/C22H25N3OS/c1-2-24-11-13-25(14-12-24)15-17-7-9-18(10-8-17)23-22(26)20-16-27-21-6-4-3-5-19(20)21/h3-10,16H,2,11-15H2,1H3,(H,23,26). The van der Waals surface area contributed by atoms with Gasteiger partial charge in [-0.15, -0.1) is 11.3 Å². The molecule has 1 saturated heterocycles. The monoisotopic (exact) mass is 379 g/mol. The summed E-state index contributed by atoms with van der Waals surface area (Å²) >= 11 is 1.61. The van der Waals surface area contributed by atoms with E-state index >= 15 is 0 Å². The Kier molecular flexibility index (Phi) is 5.53. The average molecular weight is 380 g/mol. The van der Waals surface area contributed by atoms with Crippen molar-refractivity contribution in [3.05, 3.63) is 65.0 Å². The van der Waals surface area contributed by atoms with E-state index in [-0.39, 0.29) is 5.91 Å². The molecule has 4 nitrogen and oxygen atoms in total. The van der Waals surface area contributed by atoms with Crippen LogP contribution in [0.2, 0.25) is 0 Å². The predicted molar refractivity (Wildman–Crippen MR) is 114 cm³/mol. The van der Waals surface area contributed by atoms with Crippen LogP contribution in [0, 0.1) is 0 Å². The van der Waals surface area contributed by atoms with Gasteiger partial charge in [0.05, 0.1) is 5.56 Å². The van der Waals surface area contributed by atoms with Crippen LogP contribution in [0.5, 0.6) is 0 Å². The Morgan fingerprint density at radius 3 is 2.44 bits per heavy atom. The number of thiophene rings is 1. The maximum absolute atomic E-state index is 12.6. The highest BCUT2D eigenvalue weighted by Gasteiger charge is 2.16. The summed E-state index contributed by atoms with van der Waals surface area (Å²) in [5, 5.41) is 5.98. The maximum atomic E-state index is 12.6. The molecule has 1 fully saturated rings. The molecule has 5 heteroatoms. The van der Waals surface area contributed by atoms with Crippen LogP contribution in [-0.2, 0) is 6.54 Å².